The Morgan fingerprint density at radius 2 is 1.96 bits per heavy atom. The Labute approximate surface area is 154 Å². The number of hydrogen-bond donors (Lipinski definition) is 2. The second-order valence-electron chi connectivity index (χ2n) is 6.91. The molecule has 4 nitrogen and oxygen atoms in total. The Morgan fingerprint density at radius 3 is 2.65 bits per heavy atom. The van der Waals surface area contributed by atoms with Crippen molar-refractivity contribution in [2.45, 2.75) is 76.8 Å². The standard InChI is InChI=1S/C17H33N3O.2ClH/c1-2-3-10-20-11-5-4-9-16(20)13-19-17(21)14-7-6-8-15(18)12-14;;/h14-16H,2-13,18H2,1H3,(H,19,21);2*1H. The van der Waals surface area contributed by atoms with Crippen LogP contribution in [-0.2, 0) is 4.79 Å². The van der Waals surface area contributed by atoms with Gasteiger partial charge in [-0.1, -0.05) is 26.2 Å². The maximum atomic E-state index is 12.3. The molecular formula is C17H35Cl2N3O. The number of piperidine rings is 1. The van der Waals surface area contributed by atoms with Crippen molar-refractivity contribution in [1.82, 2.24) is 10.2 Å². The fourth-order valence-corrected chi connectivity index (χ4v) is 3.78. The molecule has 1 aliphatic heterocycles. The second kappa shape index (κ2) is 12.3. The van der Waals surface area contributed by atoms with E-state index in [1.807, 2.05) is 0 Å². The van der Waals surface area contributed by atoms with Crippen molar-refractivity contribution in [2.24, 2.45) is 11.7 Å². The first-order chi connectivity index (χ1) is 10.2. The van der Waals surface area contributed by atoms with Crippen LogP contribution >= 0.6 is 24.8 Å². The van der Waals surface area contributed by atoms with E-state index >= 15 is 0 Å². The van der Waals surface area contributed by atoms with Crippen molar-refractivity contribution >= 4 is 30.7 Å². The van der Waals surface area contributed by atoms with Gasteiger partial charge in [0.25, 0.3) is 0 Å². The summed E-state index contributed by atoms with van der Waals surface area (Å²) >= 11 is 0. The zero-order valence-electron chi connectivity index (χ0n) is 14.5. The zero-order valence-corrected chi connectivity index (χ0v) is 16.1. The van der Waals surface area contributed by atoms with Gasteiger partial charge in [-0.15, -0.1) is 24.8 Å². The molecule has 1 amide bonds. The lowest BCUT2D eigenvalue weighted by molar-refractivity contribution is -0.126. The van der Waals surface area contributed by atoms with Gasteiger partial charge in [0.15, 0.2) is 0 Å². The fraction of sp³-hybridized carbons (Fsp3) is 0.941. The first-order valence-corrected chi connectivity index (χ1v) is 8.98. The third kappa shape index (κ3) is 7.59. The van der Waals surface area contributed by atoms with Crippen LogP contribution in [0.3, 0.4) is 0 Å². The van der Waals surface area contributed by atoms with Gasteiger partial charge < -0.3 is 11.1 Å². The van der Waals surface area contributed by atoms with E-state index in [0.717, 1.165) is 32.2 Å². The van der Waals surface area contributed by atoms with Crippen LogP contribution in [0.5, 0.6) is 0 Å². The smallest absolute Gasteiger partial charge is 0.223 e. The average molecular weight is 368 g/mol. The van der Waals surface area contributed by atoms with E-state index in [0.29, 0.717) is 6.04 Å². The SMILES string of the molecule is CCCCN1CCCCC1CNC(=O)C1CCCC(N)C1.Cl.Cl. The number of carbonyl (C=O) groups excluding carboxylic acids is 1. The molecule has 2 aliphatic rings. The lowest BCUT2D eigenvalue weighted by Crippen LogP contribution is -2.48. The van der Waals surface area contributed by atoms with E-state index in [2.05, 4.69) is 17.1 Å². The molecule has 2 rings (SSSR count). The number of rotatable bonds is 6. The van der Waals surface area contributed by atoms with Crippen molar-refractivity contribution in [3.63, 3.8) is 0 Å². The van der Waals surface area contributed by atoms with E-state index in [-0.39, 0.29) is 42.7 Å². The molecule has 1 saturated carbocycles. The summed E-state index contributed by atoms with van der Waals surface area (Å²) in [6, 6.07) is 0.775. The van der Waals surface area contributed by atoms with Crippen LogP contribution in [-0.4, -0.2) is 42.5 Å². The van der Waals surface area contributed by atoms with Gasteiger partial charge in [-0.3, -0.25) is 9.69 Å². The Morgan fingerprint density at radius 1 is 1.17 bits per heavy atom. The predicted octanol–water partition coefficient (Wildman–Crippen LogP) is 3.12. The van der Waals surface area contributed by atoms with Crippen molar-refractivity contribution in [3.8, 4) is 0 Å². The van der Waals surface area contributed by atoms with E-state index in [1.54, 1.807) is 0 Å². The van der Waals surface area contributed by atoms with E-state index in [9.17, 15) is 4.79 Å². The topological polar surface area (TPSA) is 58.4 Å². The summed E-state index contributed by atoms with van der Waals surface area (Å²) < 4.78 is 0. The van der Waals surface area contributed by atoms with Crippen LogP contribution in [0.2, 0.25) is 0 Å². The molecule has 1 saturated heterocycles. The summed E-state index contributed by atoms with van der Waals surface area (Å²) in [6.45, 7) is 5.46. The van der Waals surface area contributed by atoms with E-state index < -0.39 is 0 Å². The summed E-state index contributed by atoms with van der Waals surface area (Å²) in [6.07, 6.45) is 10.4. The number of nitrogens with two attached hydrogens (primary N) is 1. The van der Waals surface area contributed by atoms with Gasteiger partial charge in [-0.2, -0.15) is 0 Å². The first-order valence-electron chi connectivity index (χ1n) is 8.98. The lowest BCUT2D eigenvalue weighted by Gasteiger charge is -2.36. The predicted molar refractivity (Wildman–Crippen MR) is 102 cm³/mol. The van der Waals surface area contributed by atoms with Crippen LogP contribution in [0.25, 0.3) is 0 Å². The number of unbranched alkanes of at least 4 members (excludes halogenated alkanes) is 1. The molecule has 3 atom stereocenters. The second-order valence-corrected chi connectivity index (χ2v) is 6.91. The van der Waals surface area contributed by atoms with Crippen LogP contribution in [0.15, 0.2) is 0 Å². The van der Waals surface area contributed by atoms with Crippen LogP contribution < -0.4 is 11.1 Å². The maximum Gasteiger partial charge on any atom is 0.223 e. The van der Waals surface area contributed by atoms with Gasteiger partial charge in [0.1, 0.15) is 0 Å². The molecule has 23 heavy (non-hydrogen) atoms. The molecule has 0 spiro atoms. The van der Waals surface area contributed by atoms with E-state index in [4.69, 9.17) is 5.73 Å². The minimum atomic E-state index is 0. The summed E-state index contributed by atoms with van der Waals surface area (Å²) in [5, 5.41) is 3.21. The van der Waals surface area contributed by atoms with Crippen LogP contribution in [0, 0.1) is 5.92 Å². The average Bonchev–Trinajstić information content (AvgIpc) is 2.51. The van der Waals surface area contributed by atoms with Gasteiger partial charge in [0.2, 0.25) is 5.91 Å². The molecule has 0 aromatic carbocycles. The highest BCUT2D eigenvalue weighted by Crippen LogP contribution is 2.23. The van der Waals surface area contributed by atoms with Gasteiger partial charge in [0, 0.05) is 24.5 Å². The van der Waals surface area contributed by atoms with Gasteiger partial charge in [-0.05, 0) is 51.6 Å². The number of hydrogen-bond acceptors (Lipinski definition) is 3. The Kier molecular flexibility index (Phi) is 12.3. The molecule has 0 aromatic rings. The maximum absolute atomic E-state index is 12.3. The Bertz CT molecular complexity index is 331. The van der Waals surface area contributed by atoms with Gasteiger partial charge >= 0.3 is 0 Å². The number of nitrogens with one attached hydrogen (secondary N) is 1. The third-order valence-corrected chi connectivity index (χ3v) is 5.15. The van der Waals surface area contributed by atoms with Crippen molar-refractivity contribution in [3.05, 3.63) is 0 Å². The largest absolute Gasteiger partial charge is 0.354 e. The summed E-state index contributed by atoms with van der Waals surface area (Å²) in [5.74, 6) is 0.396. The number of likely N-dealkylation sites (tertiary alicyclic amines) is 1. The minimum Gasteiger partial charge on any atom is -0.354 e. The normalized spacial score (nSPS) is 28.3. The first kappa shape index (κ1) is 23.0. The Hall–Kier alpha value is -0.0300. The summed E-state index contributed by atoms with van der Waals surface area (Å²) in [7, 11) is 0. The van der Waals surface area contributed by atoms with Crippen molar-refractivity contribution in [1.29, 1.82) is 0 Å². The number of amides is 1. The molecule has 138 valence electrons. The van der Waals surface area contributed by atoms with E-state index in [1.165, 1.54) is 45.2 Å². The molecule has 1 aliphatic carbocycles. The molecule has 3 N–H and O–H groups in total. The van der Waals surface area contributed by atoms with Gasteiger partial charge in [-0.25, -0.2) is 0 Å². The number of carbonyl (C=O) groups is 1. The highest BCUT2D eigenvalue weighted by atomic mass is 35.5. The third-order valence-electron chi connectivity index (χ3n) is 5.15. The van der Waals surface area contributed by atoms with Crippen molar-refractivity contribution < 1.29 is 4.79 Å². The summed E-state index contributed by atoms with van der Waals surface area (Å²) in [5.41, 5.74) is 5.99. The number of nitrogens with zero attached hydrogens (tertiary/aromatic N) is 1. The molecule has 0 bridgehead atoms. The highest BCUT2D eigenvalue weighted by Gasteiger charge is 2.27. The Balaban J connectivity index is 0.00000242. The quantitative estimate of drug-likeness (QED) is 0.757. The molecule has 3 unspecified atom stereocenters. The molecule has 0 radical (unpaired) electrons. The number of halogens is 2. The molecule has 1 heterocycles. The van der Waals surface area contributed by atoms with Crippen LogP contribution in [0.4, 0.5) is 0 Å². The fourth-order valence-electron chi connectivity index (χ4n) is 3.78. The zero-order chi connectivity index (χ0) is 15.1. The lowest BCUT2D eigenvalue weighted by atomic mass is 9.85. The monoisotopic (exact) mass is 367 g/mol. The molecule has 6 heteroatoms. The molecule has 0 aromatic heterocycles. The summed E-state index contributed by atoms with van der Waals surface area (Å²) in [4.78, 5) is 14.9. The van der Waals surface area contributed by atoms with Crippen LogP contribution in [0.1, 0.15) is 64.7 Å². The minimum absolute atomic E-state index is 0. The van der Waals surface area contributed by atoms with Gasteiger partial charge in [0.05, 0.1) is 0 Å². The van der Waals surface area contributed by atoms with Crippen molar-refractivity contribution in [2.75, 3.05) is 19.6 Å². The highest BCUT2D eigenvalue weighted by molar-refractivity contribution is 5.85. The molecular weight excluding hydrogens is 333 g/mol. The molecule has 2 fully saturated rings.